The molecule has 1 saturated carbocycles. The number of aromatic nitrogens is 1. The Kier molecular flexibility index (Phi) is 8.79. The maximum Gasteiger partial charge on any atom is 0.191 e. The summed E-state index contributed by atoms with van der Waals surface area (Å²) in [6.45, 7) is 1.39. The minimum absolute atomic E-state index is 0. The predicted molar refractivity (Wildman–Crippen MR) is 111 cm³/mol. The van der Waals surface area contributed by atoms with E-state index in [2.05, 4.69) is 15.6 Å². The van der Waals surface area contributed by atoms with Gasteiger partial charge in [0.25, 0.3) is 0 Å². The van der Waals surface area contributed by atoms with Crippen molar-refractivity contribution < 1.29 is 4.42 Å². The molecule has 0 aliphatic heterocycles. The fraction of sp³-hybridized carbons (Fsp3) is 0.474. The molecular formula is C19H27IN4O. The van der Waals surface area contributed by atoms with E-state index in [1.807, 2.05) is 36.5 Å². The average Bonchev–Trinajstić information content (AvgIpc) is 3.15. The molecule has 0 radical (unpaired) electrons. The lowest BCUT2D eigenvalue weighted by atomic mass is 9.96. The summed E-state index contributed by atoms with van der Waals surface area (Å²) in [6, 6.07) is 10.4. The number of halogens is 1. The third kappa shape index (κ3) is 7.05. The van der Waals surface area contributed by atoms with Crippen LogP contribution in [-0.2, 0) is 13.0 Å². The quantitative estimate of drug-likeness (QED) is 0.395. The highest BCUT2D eigenvalue weighted by atomic mass is 127. The highest BCUT2D eigenvalue weighted by Gasteiger charge is 2.14. The molecule has 25 heavy (non-hydrogen) atoms. The molecule has 2 aromatic heterocycles. The number of nitrogens with one attached hydrogen (secondary N) is 2. The number of guanidine groups is 1. The molecule has 0 aromatic carbocycles. The normalized spacial score (nSPS) is 15.4. The molecule has 0 bridgehead atoms. The lowest BCUT2D eigenvalue weighted by Gasteiger charge is -2.25. The number of rotatable bonds is 6. The zero-order chi connectivity index (χ0) is 16.5. The molecule has 2 N–H and O–H groups in total. The van der Waals surface area contributed by atoms with Crippen LogP contribution in [-0.4, -0.2) is 23.5 Å². The molecule has 2 heterocycles. The van der Waals surface area contributed by atoms with Crippen LogP contribution < -0.4 is 10.6 Å². The van der Waals surface area contributed by atoms with Crippen molar-refractivity contribution in [2.24, 2.45) is 4.99 Å². The van der Waals surface area contributed by atoms with Crippen molar-refractivity contribution in [3.63, 3.8) is 0 Å². The van der Waals surface area contributed by atoms with Gasteiger partial charge in [0.2, 0.25) is 0 Å². The molecule has 5 nitrogen and oxygen atoms in total. The van der Waals surface area contributed by atoms with Crippen molar-refractivity contribution >= 4 is 29.9 Å². The van der Waals surface area contributed by atoms with Gasteiger partial charge in [-0.05, 0) is 37.1 Å². The van der Waals surface area contributed by atoms with E-state index in [1.165, 1.54) is 32.1 Å². The summed E-state index contributed by atoms with van der Waals surface area (Å²) in [6.07, 6.45) is 10.8. The van der Waals surface area contributed by atoms with E-state index in [0.29, 0.717) is 12.6 Å². The van der Waals surface area contributed by atoms with Crippen LogP contribution in [0.15, 0.2) is 52.2 Å². The van der Waals surface area contributed by atoms with E-state index in [0.717, 1.165) is 30.4 Å². The van der Waals surface area contributed by atoms with Gasteiger partial charge < -0.3 is 15.1 Å². The van der Waals surface area contributed by atoms with Crippen LogP contribution in [0, 0.1) is 0 Å². The Hall–Kier alpha value is -1.57. The standard InChI is InChI=1S/C19H26N4O.HI/c1-2-7-16(8-3-1)23-19(21-13-11-18-10-6-14-24-18)22-15-17-9-4-5-12-20-17;/h4-6,9-10,12,14,16H,1-3,7-8,11,13,15H2,(H2,21,22,23);1H. The molecule has 1 fully saturated rings. The van der Waals surface area contributed by atoms with Crippen molar-refractivity contribution in [2.45, 2.75) is 51.1 Å². The highest BCUT2D eigenvalue weighted by molar-refractivity contribution is 14.0. The van der Waals surface area contributed by atoms with Crippen molar-refractivity contribution in [3.8, 4) is 0 Å². The van der Waals surface area contributed by atoms with Crippen molar-refractivity contribution in [3.05, 3.63) is 54.2 Å². The third-order valence-electron chi connectivity index (χ3n) is 4.32. The molecule has 0 spiro atoms. The van der Waals surface area contributed by atoms with Gasteiger partial charge >= 0.3 is 0 Å². The largest absolute Gasteiger partial charge is 0.469 e. The minimum Gasteiger partial charge on any atom is -0.469 e. The molecule has 0 amide bonds. The van der Waals surface area contributed by atoms with Crippen LogP contribution in [0.25, 0.3) is 0 Å². The van der Waals surface area contributed by atoms with Crippen LogP contribution in [0.5, 0.6) is 0 Å². The number of hydrogen-bond donors (Lipinski definition) is 2. The first-order chi connectivity index (χ1) is 11.9. The lowest BCUT2D eigenvalue weighted by Crippen LogP contribution is -2.44. The first kappa shape index (κ1) is 19.8. The summed E-state index contributed by atoms with van der Waals surface area (Å²) in [7, 11) is 0. The molecule has 0 unspecified atom stereocenters. The van der Waals surface area contributed by atoms with Crippen molar-refractivity contribution in [1.82, 2.24) is 15.6 Å². The van der Waals surface area contributed by atoms with E-state index in [1.54, 1.807) is 6.26 Å². The summed E-state index contributed by atoms with van der Waals surface area (Å²) < 4.78 is 5.38. The van der Waals surface area contributed by atoms with Gasteiger partial charge in [-0.15, -0.1) is 24.0 Å². The second kappa shape index (κ2) is 11.1. The zero-order valence-electron chi connectivity index (χ0n) is 14.5. The molecule has 6 heteroatoms. The van der Waals surface area contributed by atoms with Crippen molar-refractivity contribution in [1.29, 1.82) is 0 Å². The smallest absolute Gasteiger partial charge is 0.191 e. The molecule has 2 aromatic rings. The van der Waals surface area contributed by atoms with Gasteiger partial charge in [-0.2, -0.15) is 0 Å². The Morgan fingerprint density at radius 1 is 1.16 bits per heavy atom. The lowest BCUT2D eigenvalue weighted by molar-refractivity contribution is 0.409. The van der Waals surface area contributed by atoms with E-state index < -0.39 is 0 Å². The fourth-order valence-electron chi connectivity index (χ4n) is 3.00. The molecule has 0 saturated heterocycles. The van der Waals surface area contributed by atoms with Crippen LogP contribution in [0.3, 0.4) is 0 Å². The molecular weight excluding hydrogens is 427 g/mol. The predicted octanol–water partition coefficient (Wildman–Crippen LogP) is 3.90. The Morgan fingerprint density at radius 2 is 2.04 bits per heavy atom. The summed E-state index contributed by atoms with van der Waals surface area (Å²) >= 11 is 0. The Labute approximate surface area is 166 Å². The number of aliphatic imine (C=N–C) groups is 1. The van der Waals surface area contributed by atoms with Crippen molar-refractivity contribution in [2.75, 3.05) is 6.54 Å². The monoisotopic (exact) mass is 454 g/mol. The van der Waals surface area contributed by atoms with E-state index in [4.69, 9.17) is 9.41 Å². The van der Waals surface area contributed by atoms with Gasteiger partial charge in [0.15, 0.2) is 5.96 Å². The Bertz CT molecular complexity index is 610. The summed E-state index contributed by atoms with van der Waals surface area (Å²) in [5, 5.41) is 7.01. The Balaban J connectivity index is 0.00000225. The van der Waals surface area contributed by atoms with E-state index in [-0.39, 0.29) is 24.0 Å². The van der Waals surface area contributed by atoms with Gasteiger partial charge in [0, 0.05) is 25.2 Å². The second-order valence-corrected chi connectivity index (χ2v) is 6.22. The number of pyridine rings is 1. The topological polar surface area (TPSA) is 62.5 Å². The fourth-order valence-corrected chi connectivity index (χ4v) is 3.00. The molecule has 0 atom stereocenters. The number of furan rings is 1. The van der Waals surface area contributed by atoms with Crippen LogP contribution >= 0.6 is 24.0 Å². The summed E-state index contributed by atoms with van der Waals surface area (Å²) in [5.41, 5.74) is 0.980. The van der Waals surface area contributed by atoms with Crippen LogP contribution in [0.1, 0.15) is 43.6 Å². The third-order valence-corrected chi connectivity index (χ3v) is 4.32. The number of hydrogen-bond acceptors (Lipinski definition) is 3. The highest BCUT2D eigenvalue weighted by Crippen LogP contribution is 2.17. The molecule has 3 rings (SSSR count). The first-order valence-electron chi connectivity index (χ1n) is 8.87. The average molecular weight is 454 g/mol. The maximum absolute atomic E-state index is 5.38. The molecule has 136 valence electrons. The van der Waals surface area contributed by atoms with E-state index in [9.17, 15) is 0 Å². The zero-order valence-corrected chi connectivity index (χ0v) is 16.8. The molecule has 1 aliphatic carbocycles. The maximum atomic E-state index is 5.38. The van der Waals surface area contributed by atoms with Gasteiger partial charge in [0.05, 0.1) is 18.5 Å². The van der Waals surface area contributed by atoms with E-state index >= 15 is 0 Å². The Morgan fingerprint density at radius 3 is 2.76 bits per heavy atom. The van der Waals surface area contributed by atoms with Gasteiger partial charge in [-0.25, -0.2) is 4.99 Å². The second-order valence-electron chi connectivity index (χ2n) is 6.22. The summed E-state index contributed by atoms with van der Waals surface area (Å²) in [4.78, 5) is 9.05. The van der Waals surface area contributed by atoms with Gasteiger partial charge in [-0.3, -0.25) is 4.98 Å². The molecule has 1 aliphatic rings. The van der Waals surface area contributed by atoms with Gasteiger partial charge in [-0.1, -0.05) is 25.3 Å². The van der Waals surface area contributed by atoms with Crippen LogP contribution in [0.2, 0.25) is 0 Å². The minimum atomic E-state index is 0. The summed E-state index contributed by atoms with van der Waals surface area (Å²) in [5.74, 6) is 1.86. The first-order valence-corrected chi connectivity index (χ1v) is 8.87. The number of nitrogens with zero attached hydrogens (tertiary/aromatic N) is 2. The van der Waals surface area contributed by atoms with Gasteiger partial charge in [0.1, 0.15) is 5.76 Å². The SMILES string of the molecule is I.c1ccc(CN=C(NCCc2ccco2)NC2CCCCC2)nc1. The van der Waals surface area contributed by atoms with Crippen LogP contribution in [0.4, 0.5) is 0 Å².